The Balaban J connectivity index is 1.18. The molecule has 46 heavy (non-hydrogen) atoms. The zero-order valence-corrected chi connectivity index (χ0v) is 26.5. The summed E-state index contributed by atoms with van der Waals surface area (Å²) in [6.07, 6.45) is 1.87. The van der Waals surface area contributed by atoms with Gasteiger partial charge in [-0.25, -0.2) is 0 Å². The smallest absolute Gasteiger partial charge is 0.339 e. The van der Waals surface area contributed by atoms with Crippen LogP contribution in [0.25, 0.3) is 0 Å². The SMILES string of the molecule is C=CC(=O)N1CC[C@]2(CCN([C@H](C)c3cc4c(c(C(F)(F)F)c3)CN(c3cccc(C5(c6nncn6C)CC(C)C5)c3)C4=O)C2)C1. The van der Waals surface area contributed by atoms with Crippen LogP contribution in [0.2, 0.25) is 0 Å². The van der Waals surface area contributed by atoms with Gasteiger partial charge in [-0.1, -0.05) is 25.6 Å². The van der Waals surface area contributed by atoms with Gasteiger partial charge in [0.2, 0.25) is 5.91 Å². The summed E-state index contributed by atoms with van der Waals surface area (Å²) in [6, 6.07) is 10.2. The number of aromatic nitrogens is 3. The van der Waals surface area contributed by atoms with E-state index in [4.69, 9.17) is 0 Å². The fraction of sp³-hybridized carbons (Fsp3) is 0.486. The Morgan fingerprint density at radius 3 is 2.57 bits per heavy atom. The number of rotatable bonds is 6. The fourth-order valence-corrected chi connectivity index (χ4v) is 8.60. The third-order valence-corrected chi connectivity index (χ3v) is 11.0. The van der Waals surface area contributed by atoms with Gasteiger partial charge in [0.25, 0.3) is 5.91 Å². The molecule has 0 N–H and O–H groups in total. The maximum atomic E-state index is 14.6. The highest BCUT2D eigenvalue weighted by Crippen LogP contribution is 2.52. The number of anilines is 1. The molecule has 1 aliphatic carbocycles. The summed E-state index contributed by atoms with van der Waals surface area (Å²) < 4.78 is 45.8. The van der Waals surface area contributed by atoms with Gasteiger partial charge in [-0.2, -0.15) is 13.2 Å². The highest BCUT2D eigenvalue weighted by molar-refractivity contribution is 6.10. The van der Waals surface area contributed by atoms with Crippen molar-refractivity contribution in [1.29, 1.82) is 0 Å². The van der Waals surface area contributed by atoms with E-state index in [9.17, 15) is 22.8 Å². The molecule has 8 nitrogen and oxygen atoms in total. The lowest BCUT2D eigenvalue weighted by Gasteiger charge is -2.46. The van der Waals surface area contributed by atoms with E-state index in [0.29, 0.717) is 43.3 Å². The van der Waals surface area contributed by atoms with Crippen molar-refractivity contribution in [3.8, 4) is 0 Å². The van der Waals surface area contributed by atoms with Crippen molar-refractivity contribution >= 4 is 17.5 Å². The lowest BCUT2D eigenvalue weighted by atomic mass is 9.58. The second kappa shape index (κ2) is 10.8. The molecule has 4 heterocycles. The van der Waals surface area contributed by atoms with Gasteiger partial charge in [-0.05, 0) is 92.1 Å². The van der Waals surface area contributed by atoms with Crippen molar-refractivity contribution in [3.63, 3.8) is 0 Å². The molecule has 0 bridgehead atoms. The van der Waals surface area contributed by atoms with Crippen LogP contribution in [0.4, 0.5) is 18.9 Å². The van der Waals surface area contributed by atoms with Crippen LogP contribution in [0.1, 0.15) is 84.0 Å². The Bertz CT molecular complexity index is 1730. The molecule has 2 aromatic carbocycles. The van der Waals surface area contributed by atoms with E-state index >= 15 is 0 Å². The first-order chi connectivity index (χ1) is 21.8. The standard InChI is InChI=1S/C35H39F3N6O2/c1-5-30(45)43-12-10-33(20-43)9-11-42(19-33)23(3)24-13-27-28(29(14-24)35(36,37)38)18-44(31(27)46)26-8-6-7-25(15-26)34(16-22(2)17-34)32-40-39-21-41(32)4/h5-8,13-15,21-23H,1,9-12,16-20H2,2-4H3/t22?,23-,33+,34?/m1/s1. The Morgan fingerprint density at radius 2 is 1.89 bits per heavy atom. The largest absolute Gasteiger partial charge is 0.416 e. The quantitative estimate of drug-likeness (QED) is 0.318. The van der Waals surface area contributed by atoms with Crippen molar-refractivity contribution in [2.24, 2.45) is 18.4 Å². The summed E-state index contributed by atoms with van der Waals surface area (Å²) in [7, 11) is 1.91. The summed E-state index contributed by atoms with van der Waals surface area (Å²) in [5, 5.41) is 8.51. The summed E-state index contributed by atoms with van der Waals surface area (Å²) in [5.74, 6) is 0.823. The molecular weight excluding hydrogens is 593 g/mol. The van der Waals surface area contributed by atoms with Crippen LogP contribution in [0.3, 0.4) is 0 Å². The van der Waals surface area contributed by atoms with E-state index < -0.39 is 17.6 Å². The number of nitrogens with zero attached hydrogens (tertiary/aromatic N) is 6. The molecule has 3 aromatic rings. The number of aryl methyl sites for hydroxylation is 1. The summed E-state index contributed by atoms with van der Waals surface area (Å²) in [5.41, 5.74) is 0.980. The summed E-state index contributed by atoms with van der Waals surface area (Å²) >= 11 is 0. The number of benzene rings is 2. The van der Waals surface area contributed by atoms with Gasteiger partial charge >= 0.3 is 6.18 Å². The third-order valence-electron chi connectivity index (χ3n) is 11.0. The van der Waals surface area contributed by atoms with Crippen LogP contribution in [0.15, 0.2) is 55.4 Å². The van der Waals surface area contributed by atoms with E-state index in [1.807, 2.05) is 36.7 Å². The highest BCUT2D eigenvalue weighted by Gasteiger charge is 2.49. The van der Waals surface area contributed by atoms with Crippen molar-refractivity contribution in [3.05, 3.63) is 89.0 Å². The van der Waals surface area contributed by atoms with E-state index in [-0.39, 0.29) is 40.5 Å². The minimum Gasteiger partial charge on any atom is -0.339 e. The predicted octanol–water partition coefficient (Wildman–Crippen LogP) is 5.88. The molecule has 11 heteroatoms. The molecule has 3 aliphatic heterocycles. The first-order valence-corrected chi connectivity index (χ1v) is 16.0. The van der Waals surface area contributed by atoms with Gasteiger partial charge < -0.3 is 14.4 Å². The Hall–Kier alpha value is -3.99. The molecule has 1 spiro atoms. The summed E-state index contributed by atoms with van der Waals surface area (Å²) in [4.78, 5) is 31.6. The number of amides is 2. The van der Waals surface area contributed by atoms with E-state index in [1.54, 1.807) is 23.4 Å². The minimum atomic E-state index is -4.61. The molecule has 242 valence electrons. The number of likely N-dealkylation sites (tertiary alicyclic amines) is 2. The lowest BCUT2D eigenvalue weighted by Crippen LogP contribution is -2.43. The first kappa shape index (κ1) is 30.7. The molecule has 0 radical (unpaired) electrons. The minimum absolute atomic E-state index is 0.0198. The van der Waals surface area contributed by atoms with Gasteiger partial charge in [-0.3, -0.25) is 14.5 Å². The number of fused-ring (bicyclic) bond motifs is 1. The molecule has 2 saturated heterocycles. The number of hydrogen-bond acceptors (Lipinski definition) is 5. The maximum absolute atomic E-state index is 14.6. The van der Waals surface area contributed by atoms with Gasteiger partial charge in [-0.15, -0.1) is 10.2 Å². The second-order valence-corrected chi connectivity index (χ2v) is 14.0. The highest BCUT2D eigenvalue weighted by atomic mass is 19.4. The number of alkyl halides is 3. The fourth-order valence-electron chi connectivity index (χ4n) is 8.60. The van der Waals surface area contributed by atoms with Crippen LogP contribution in [0, 0.1) is 11.3 Å². The average Bonchev–Trinajstić information content (AvgIpc) is 3.81. The van der Waals surface area contributed by atoms with Crippen LogP contribution in [-0.4, -0.2) is 62.6 Å². The summed E-state index contributed by atoms with van der Waals surface area (Å²) in [6.45, 7) is 10.2. The molecule has 3 fully saturated rings. The molecule has 1 aromatic heterocycles. The normalized spacial score (nSPS) is 26.9. The monoisotopic (exact) mass is 632 g/mol. The van der Waals surface area contributed by atoms with Crippen LogP contribution >= 0.6 is 0 Å². The van der Waals surface area contributed by atoms with Crippen molar-refractivity contribution < 1.29 is 22.8 Å². The predicted molar refractivity (Wildman–Crippen MR) is 167 cm³/mol. The molecule has 7 rings (SSSR count). The average molecular weight is 633 g/mol. The first-order valence-electron chi connectivity index (χ1n) is 16.0. The van der Waals surface area contributed by atoms with Crippen LogP contribution < -0.4 is 4.90 Å². The van der Waals surface area contributed by atoms with Crippen molar-refractivity contribution in [1.82, 2.24) is 24.6 Å². The zero-order chi connectivity index (χ0) is 32.6. The van der Waals surface area contributed by atoms with E-state index in [1.165, 1.54) is 17.0 Å². The second-order valence-electron chi connectivity index (χ2n) is 14.0. The molecular formula is C35H39F3N6O2. The van der Waals surface area contributed by atoms with Crippen LogP contribution in [-0.2, 0) is 30.0 Å². The third kappa shape index (κ3) is 4.85. The lowest BCUT2D eigenvalue weighted by molar-refractivity contribution is -0.138. The van der Waals surface area contributed by atoms with Gasteiger partial charge in [0.15, 0.2) is 0 Å². The Labute approximate surface area is 266 Å². The van der Waals surface area contributed by atoms with Crippen molar-refractivity contribution in [2.45, 2.75) is 63.7 Å². The van der Waals surface area contributed by atoms with Gasteiger partial charge in [0.1, 0.15) is 12.2 Å². The number of carbonyl (C=O) groups is 2. The van der Waals surface area contributed by atoms with Gasteiger partial charge in [0.05, 0.1) is 17.5 Å². The molecule has 2 amide bonds. The number of carbonyl (C=O) groups excluding carboxylic acids is 2. The molecule has 1 saturated carbocycles. The number of hydrogen-bond donors (Lipinski definition) is 0. The zero-order valence-electron chi connectivity index (χ0n) is 26.5. The van der Waals surface area contributed by atoms with E-state index in [2.05, 4.69) is 28.6 Å². The molecule has 4 aliphatic rings. The Kier molecular flexibility index (Phi) is 7.19. The van der Waals surface area contributed by atoms with Crippen molar-refractivity contribution in [2.75, 3.05) is 31.1 Å². The Morgan fingerprint density at radius 1 is 1.13 bits per heavy atom. The topological polar surface area (TPSA) is 74.6 Å². The van der Waals surface area contributed by atoms with Gasteiger partial charge in [0, 0.05) is 49.4 Å². The number of halogens is 3. The maximum Gasteiger partial charge on any atom is 0.416 e. The molecule has 2 atom stereocenters. The molecule has 0 unspecified atom stereocenters. The van der Waals surface area contributed by atoms with Crippen LogP contribution in [0.5, 0.6) is 0 Å². The van der Waals surface area contributed by atoms with E-state index in [0.717, 1.165) is 37.1 Å².